The van der Waals surface area contributed by atoms with Gasteiger partial charge in [-0.05, 0) is 50.3 Å². The number of benzene rings is 4. The summed E-state index contributed by atoms with van der Waals surface area (Å²) in [5, 5.41) is 8.17. The molecule has 1 nitrogen and oxygen atoms in total. The molecule has 0 aromatic heterocycles. The molecular weight excluding hydrogens is 288 g/mol. The predicted molar refractivity (Wildman–Crippen MR) is 91.3 cm³/mol. The molecule has 0 unspecified atom stereocenters. The van der Waals surface area contributed by atoms with Crippen molar-refractivity contribution in [1.82, 2.24) is 0 Å². The molecule has 0 spiro atoms. The van der Waals surface area contributed by atoms with Crippen LogP contribution >= 0.6 is 0 Å². The molecule has 0 N–H and O–H groups in total. The van der Waals surface area contributed by atoms with Gasteiger partial charge in [-0.25, -0.2) is 0 Å². The van der Waals surface area contributed by atoms with E-state index >= 15 is 0 Å². The standard InChI is InChI=1S/C18H13OSi2/c20-19-21-11-10-12-4-5-15-7-6-13-2-1-3-14-8-9-16(12)18(15)17(13)14/h1-9H,10-11H2. The summed E-state index contributed by atoms with van der Waals surface area (Å²) >= 11 is 0. The van der Waals surface area contributed by atoms with Gasteiger partial charge in [0.2, 0.25) is 20.2 Å². The molecule has 0 saturated heterocycles. The van der Waals surface area contributed by atoms with Gasteiger partial charge in [0.05, 0.1) is 0 Å². The summed E-state index contributed by atoms with van der Waals surface area (Å²) in [7, 11) is 3.59. The summed E-state index contributed by atoms with van der Waals surface area (Å²) in [4.78, 5) is 0. The maximum Gasteiger partial charge on any atom is 0.229 e. The van der Waals surface area contributed by atoms with E-state index in [4.69, 9.17) is 4.12 Å². The summed E-state index contributed by atoms with van der Waals surface area (Å²) in [5.74, 6) is 0. The first kappa shape index (κ1) is 13.0. The SMILES string of the molecule is [Si]O[Si]CCc1ccc2ccc3cccc4ccc1c2c34. The lowest BCUT2D eigenvalue weighted by atomic mass is 9.91. The van der Waals surface area contributed by atoms with Gasteiger partial charge in [-0.15, -0.1) is 0 Å². The predicted octanol–water partition coefficient (Wildman–Crippen LogP) is 4.26. The number of aryl methyl sites for hydroxylation is 1. The molecule has 0 atom stereocenters. The Balaban J connectivity index is 2.01. The maximum atomic E-state index is 5.02. The fraction of sp³-hybridized carbons (Fsp3) is 0.111. The van der Waals surface area contributed by atoms with Crippen LogP contribution in [0, 0.1) is 0 Å². The van der Waals surface area contributed by atoms with Crippen molar-refractivity contribution in [3.63, 3.8) is 0 Å². The van der Waals surface area contributed by atoms with Crippen LogP contribution in [0.25, 0.3) is 32.3 Å². The molecule has 3 heteroatoms. The third-order valence-corrected chi connectivity index (χ3v) is 5.22. The monoisotopic (exact) mass is 301 g/mol. The second-order valence-corrected chi connectivity index (χ2v) is 6.93. The fourth-order valence-electron chi connectivity index (χ4n) is 3.25. The van der Waals surface area contributed by atoms with E-state index in [0.29, 0.717) is 9.76 Å². The first-order valence-electron chi connectivity index (χ1n) is 7.09. The first-order chi connectivity index (χ1) is 10.4. The highest BCUT2D eigenvalue weighted by Gasteiger charge is 2.10. The van der Waals surface area contributed by atoms with Gasteiger partial charge in [0, 0.05) is 0 Å². The van der Waals surface area contributed by atoms with Crippen LogP contribution in [0.3, 0.4) is 0 Å². The zero-order valence-corrected chi connectivity index (χ0v) is 13.5. The van der Waals surface area contributed by atoms with E-state index in [2.05, 4.69) is 65.1 Å². The zero-order chi connectivity index (χ0) is 14.2. The van der Waals surface area contributed by atoms with Crippen LogP contribution in [0.1, 0.15) is 5.56 Å². The molecule has 0 heterocycles. The lowest BCUT2D eigenvalue weighted by Gasteiger charge is -2.13. The Morgan fingerprint density at radius 1 is 0.810 bits per heavy atom. The fourth-order valence-corrected chi connectivity index (χ4v) is 4.03. The van der Waals surface area contributed by atoms with Crippen molar-refractivity contribution >= 4 is 52.6 Å². The summed E-state index contributed by atoms with van der Waals surface area (Å²) < 4.78 is 5.02. The molecule has 0 bridgehead atoms. The van der Waals surface area contributed by atoms with Gasteiger partial charge in [0.25, 0.3) is 0 Å². The minimum Gasteiger partial charge on any atom is -0.458 e. The van der Waals surface area contributed by atoms with Crippen molar-refractivity contribution in [3.8, 4) is 0 Å². The molecule has 0 aliphatic heterocycles. The van der Waals surface area contributed by atoms with Crippen molar-refractivity contribution in [2.45, 2.75) is 12.5 Å². The third kappa shape index (κ3) is 2.09. The normalized spacial score (nSPS) is 11.9. The molecule has 4 aromatic rings. The molecule has 0 amide bonds. The summed E-state index contributed by atoms with van der Waals surface area (Å²) in [5.41, 5.74) is 1.41. The highest BCUT2D eigenvalue weighted by Crippen LogP contribution is 2.36. The number of hydrogen-bond acceptors (Lipinski definition) is 1. The van der Waals surface area contributed by atoms with Crippen LogP contribution in [0.4, 0.5) is 0 Å². The van der Waals surface area contributed by atoms with Crippen LogP contribution < -0.4 is 0 Å². The largest absolute Gasteiger partial charge is 0.458 e. The minimum atomic E-state index is 0.501. The zero-order valence-electron chi connectivity index (χ0n) is 11.5. The van der Waals surface area contributed by atoms with Gasteiger partial charge >= 0.3 is 0 Å². The molecule has 5 radical (unpaired) electrons. The second kappa shape index (κ2) is 5.26. The molecular formula is C18H13OSi2. The number of hydrogen-bond donors (Lipinski definition) is 0. The van der Waals surface area contributed by atoms with Gasteiger partial charge in [0.1, 0.15) is 0 Å². The highest BCUT2D eigenvalue weighted by atomic mass is 28.3. The van der Waals surface area contributed by atoms with E-state index in [1.54, 1.807) is 0 Å². The highest BCUT2D eigenvalue weighted by molar-refractivity contribution is 6.34. The molecule has 99 valence electrons. The van der Waals surface area contributed by atoms with Crippen LogP contribution in [0.2, 0.25) is 6.04 Å². The molecule has 21 heavy (non-hydrogen) atoms. The van der Waals surface area contributed by atoms with Crippen LogP contribution in [-0.4, -0.2) is 20.2 Å². The van der Waals surface area contributed by atoms with Crippen LogP contribution in [-0.2, 0) is 10.5 Å². The second-order valence-electron chi connectivity index (χ2n) is 5.33. The molecule has 0 fully saturated rings. The van der Waals surface area contributed by atoms with Gasteiger partial charge in [-0.3, -0.25) is 0 Å². The smallest absolute Gasteiger partial charge is 0.229 e. The van der Waals surface area contributed by atoms with E-state index in [1.807, 2.05) is 0 Å². The van der Waals surface area contributed by atoms with Gasteiger partial charge in [0.15, 0.2) is 0 Å². The Morgan fingerprint density at radius 3 is 2.24 bits per heavy atom. The number of rotatable bonds is 4. The van der Waals surface area contributed by atoms with Gasteiger partial charge in [-0.1, -0.05) is 54.6 Å². The van der Waals surface area contributed by atoms with Gasteiger partial charge < -0.3 is 4.12 Å². The third-order valence-electron chi connectivity index (χ3n) is 4.19. The van der Waals surface area contributed by atoms with Crippen molar-refractivity contribution in [1.29, 1.82) is 0 Å². The Kier molecular flexibility index (Phi) is 3.26. The minimum absolute atomic E-state index is 0.501. The quantitative estimate of drug-likeness (QED) is 0.311. The Labute approximate surface area is 129 Å². The first-order valence-corrected chi connectivity index (χ1v) is 8.62. The van der Waals surface area contributed by atoms with Gasteiger partial charge in [-0.2, -0.15) is 0 Å². The van der Waals surface area contributed by atoms with E-state index in [9.17, 15) is 0 Å². The molecule has 4 aromatic carbocycles. The average Bonchev–Trinajstić information content (AvgIpc) is 2.54. The van der Waals surface area contributed by atoms with E-state index in [0.717, 1.165) is 12.5 Å². The Bertz CT molecular complexity index is 901. The van der Waals surface area contributed by atoms with Crippen molar-refractivity contribution < 1.29 is 4.12 Å². The molecule has 4 rings (SSSR count). The average molecular weight is 301 g/mol. The molecule has 0 aliphatic carbocycles. The van der Waals surface area contributed by atoms with E-state index in [1.165, 1.54) is 37.9 Å². The summed E-state index contributed by atoms with van der Waals surface area (Å²) in [6, 6.07) is 21.1. The van der Waals surface area contributed by atoms with E-state index in [-0.39, 0.29) is 0 Å². The van der Waals surface area contributed by atoms with Crippen molar-refractivity contribution in [2.75, 3.05) is 0 Å². The Morgan fingerprint density at radius 2 is 1.48 bits per heavy atom. The lowest BCUT2D eigenvalue weighted by Crippen LogP contribution is -1.97. The van der Waals surface area contributed by atoms with E-state index < -0.39 is 0 Å². The lowest BCUT2D eigenvalue weighted by molar-refractivity contribution is 0.659. The Hall–Kier alpha value is -1.69. The molecule has 0 aliphatic rings. The summed E-state index contributed by atoms with van der Waals surface area (Å²) in [6.45, 7) is 0. The topological polar surface area (TPSA) is 9.23 Å². The van der Waals surface area contributed by atoms with Crippen LogP contribution in [0.5, 0.6) is 0 Å². The van der Waals surface area contributed by atoms with Crippen molar-refractivity contribution in [3.05, 3.63) is 60.2 Å². The summed E-state index contributed by atoms with van der Waals surface area (Å²) in [6.07, 6.45) is 1.05. The van der Waals surface area contributed by atoms with Crippen molar-refractivity contribution in [2.24, 2.45) is 0 Å². The maximum absolute atomic E-state index is 5.02. The van der Waals surface area contributed by atoms with Crippen LogP contribution in [0.15, 0.2) is 54.6 Å². The molecule has 0 saturated carbocycles.